The summed E-state index contributed by atoms with van der Waals surface area (Å²) in [5, 5.41) is 9.89. The van der Waals surface area contributed by atoms with Crippen LogP contribution in [0.3, 0.4) is 0 Å². The highest BCUT2D eigenvalue weighted by molar-refractivity contribution is 5.33. The average molecular weight is 276 g/mol. The Morgan fingerprint density at radius 2 is 1.50 bits per heavy atom. The largest absolute Gasteiger partial charge is 0.389 e. The molecule has 112 valence electrons. The first-order valence-electron chi connectivity index (χ1n) is 7.57. The Bertz CT molecular complexity index is 423. The van der Waals surface area contributed by atoms with Crippen molar-refractivity contribution < 1.29 is 5.11 Å². The third-order valence-corrected chi connectivity index (χ3v) is 4.10. The molecule has 1 N–H and O–H groups in total. The lowest BCUT2D eigenvalue weighted by Crippen LogP contribution is -2.50. The maximum absolute atomic E-state index is 9.89. The van der Waals surface area contributed by atoms with Gasteiger partial charge in [0.1, 0.15) is 0 Å². The highest BCUT2D eigenvalue weighted by Gasteiger charge is 2.23. The van der Waals surface area contributed by atoms with E-state index in [1.54, 1.807) is 0 Å². The quantitative estimate of drug-likeness (QED) is 0.913. The molecule has 1 aromatic carbocycles. The number of aryl methyl sites for hydroxylation is 2. The molecular formula is C17H28N2O. The van der Waals surface area contributed by atoms with Gasteiger partial charge in [-0.15, -0.1) is 0 Å². The van der Waals surface area contributed by atoms with Crippen LogP contribution in [0.5, 0.6) is 0 Å². The number of hydrogen-bond donors (Lipinski definition) is 1. The smallest absolute Gasteiger partial charge is 0.0718 e. The molecule has 0 atom stereocenters. The topological polar surface area (TPSA) is 26.7 Å². The van der Waals surface area contributed by atoms with Gasteiger partial charge in [-0.3, -0.25) is 9.80 Å². The van der Waals surface area contributed by atoms with Crippen LogP contribution in [0.25, 0.3) is 0 Å². The Kier molecular flexibility index (Phi) is 4.84. The summed E-state index contributed by atoms with van der Waals surface area (Å²) in [6.07, 6.45) is 0. The van der Waals surface area contributed by atoms with Crippen molar-refractivity contribution in [2.75, 3.05) is 32.7 Å². The highest BCUT2D eigenvalue weighted by atomic mass is 16.3. The molecule has 0 saturated carbocycles. The number of piperazine rings is 1. The molecule has 20 heavy (non-hydrogen) atoms. The van der Waals surface area contributed by atoms with Crippen LogP contribution in [0.15, 0.2) is 18.2 Å². The summed E-state index contributed by atoms with van der Waals surface area (Å²) in [4.78, 5) is 4.89. The van der Waals surface area contributed by atoms with Gasteiger partial charge in [-0.1, -0.05) is 18.2 Å². The van der Waals surface area contributed by atoms with Crippen LogP contribution in [0.2, 0.25) is 0 Å². The molecule has 1 heterocycles. The van der Waals surface area contributed by atoms with Gasteiger partial charge in [-0.25, -0.2) is 0 Å². The lowest BCUT2D eigenvalue weighted by molar-refractivity contribution is 0.0166. The predicted molar refractivity (Wildman–Crippen MR) is 83.9 cm³/mol. The summed E-state index contributed by atoms with van der Waals surface area (Å²) in [6.45, 7) is 14.3. The van der Waals surface area contributed by atoms with Crippen LogP contribution < -0.4 is 0 Å². The zero-order valence-electron chi connectivity index (χ0n) is 13.3. The van der Waals surface area contributed by atoms with E-state index in [-0.39, 0.29) is 0 Å². The molecule has 1 fully saturated rings. The summed E-state index contributed by atoms with van der Waals surface area (Å²) in [5.41, 5.74) is 3.67. The van der Waals surface area contributed by atoms with E-state index >= 15 is 0 Å². The van der Waals surface area contributed by atoms with E-state index in [2.05, 4.69) is 41.8 Å². The van der Waals surface area contributed by atoms with Crippen molar-refractivity contribution in [1.82, 2.24) is 9.80 Å². The lowest BCUT2D eigenvalue weighted by Gasteiger charge is -2.37. The van der Waals surface area contributed by atoms with Gasteiger partial charge in [0.05, 0.1) is 5.60 Å². The third-order valence-electron chi connectivity index (χ3n) is 4.10. The van der Waals surface area contributed by atoms with Crippen molar-refractivity contribution in [2.45, 2.75) is 39.8 Å². The number of β-amino-alcohol motifs (C(OH)–C–C–N with tert-alkyl or cyclic N) is 1. The fourth-order valence-corrected chi connectivity index (χ4v) is 2.97. The van der Waals surface area contributed by atoms with Crippen molar-refractivity contribution in [3.8, 4) is 0 Å². The van der Waals surface area contributed by atoms with Crippen molar-refractivity contribution in [2.24, 2.45) is 0 Å². The fourth-order valence-electron chi connectivity index (χ4n) is 2.97. The van der Waals surface area contributed by atoms with Crippen molar-refractivity contribution in [3.05, 3.63) is 34.9 Å². The Morgan fingerprint density at radius 3 is 2.00 bits per heavy atom. The monoisotopic (exact) mass is 276 g/mol. The van der Waals surface area contributed by atoms with Gasteiger partial charge in [0.15, 0.2) is 0 Å². The molecular weight excluding hydrogens is 248 g/mol. The first kappa shape index (κ1) is 15.5. The number of nitrogens with zero attached hydrogens (tertiary/aromatic N) is 2. The van der Waals surface area contributed by atoms with Gasteiger partial charge in [0.2, 0.25) is 0 Å². The van der Waals surface area contributed by atoms with E-state index in [4.69, 9.17) is 0 Å². The molecule has 0 bridgehead atoms. The van der Waals surface area contributed by atoms with Crippen molar-refractivity contribution >= 4 is 0 Å². The molecule has 0 aromatic heterocycles. The molecule has 0 radical (unpaired) electrons. The van der Waals surface area contributed by atoms with E-state index in [9.17, 15) is 5.11 Å². The second kappa shape index (κ2) is 6.25. The van der Waals surface area contributed by atoms with E-state index < -0.39 is 5.60 Å². The normalized spacial score (nSPS) is 18.4. The number of aliphatic hydroxyl groups is 1. The van der Waals surface area contributed by atoms with E-state index in [0.717, 1.165) is 39.3 Å². The zero-order chi connectivity index (χ0) is 14.8. The standard InChI is InChI=1S/C17H28N2O/c1-14-6-5-7-15(2)16(14)12-18-8-10-19(11-9-18)13-17(3,4)20/h5-7,20H,8-13H2,1-4H3. The minimum atomic E-state index is -0.589. The first-order chi connectivity index (χ1) is 9.35. The maximum atomic E-state index is 9.89. The molecule has 1 aliphatic rings. The number of rotatable bonds is 4. The van der Waals surface area contributed by atoms with Crippen LogP contribution in [0.1, 0.15) is 30.5 Å². The van der Waals surface area contributed by atoms with Gasteiger partial charge in [0.25, 0.3) is 0 Å². The minimum Gasteiger partial charge on any atom is -0.389 e. The SMILES string of the molecule is Cc1cccc(C)c1CN1CCN(CC(C)(C)O)CC1. The molecule has 0 aliphatic carbocycles. The Balaban J connectivity index is 1.89. The van der Waals surface area contributed by atoms with Gasteiger partial charge >= 0.3 is 0 Å². The molecule has 3 nitrogen and oxygen atoms in total. The highest BCUT2D eigenvalue weighted by Crippen LogP contribution is 2.17. The predicted octanol–water partition coefficient (Wildman–Crippen LogP) is 2.19. The molecule has 0 amide bonds. The summed E-state index contributed by atoms with van der Waals surface area (Å²) in [5.74, 6) is 0. The van der Waals surface area contributed by atoms with Crippen molar-refractivity contribution in [3.63, 3.8) is 0 Å². The number of hydrogen-bond acceptors (Lipinski definition) is 3. The maximum Gasteiger partial charge on any atom is 0.0718 e. The Morgan fingerprint density at radius 1 is 1.00 bits per heavy atom. The molecule has 0 unspecified atom stereocenters. The first-order valence-corrected chi connectivity index (χ1v) is 7.57. The second-order valence-corrected chi connectivity index (χ2v) is 6.74. The minimum absolute atomic E-state index is 0.589. The van der Waals surface area contributed by atoms with Crippen LogP contribution in [-0.2, 0) is 6.54 Å². The lowest BCUT2D eigenvalue weighted by atomic mass is 10.0. The fraction of sp³-hybridized carbons (Fsp3) is 0.647. The summed E-state index contributed by atoms with van der Waals surface area (Å²) in [6, 6.07) is 6.54. The molecule has 1 aromatic rings. The molecule has 0 spiro atoms. The van der Waals surface area contributed by atoms with E-state index in [1.165, 1.54) is 16.7 Å². The molecule has 2 rings (SSSR count). The van der Waals surface area contributed by atoms with Crippen LogP contribution in [0.4, 0.5) is 0 Å². The van der Waals surface area contributed by atoms with Gasteiger partial charge in [-0.05, 0) is 44.4 Å². The summed E-state index contributed by atoms with van der Waals surface area (Å²) < 4.78 is 0. The Labute approximate surface area is 123 Å². The van der Waals surface area contributed by atoms with Crippen LogP contribution in [0, 0.1) is 13.8 Å². The van der Waals surface area contributed by atoms with Crippen LogP contribution >= 0.6 is 0 Å². The number of benzene rings is 1. The molecule has 1 saturated heterocycles. The average Bonchev–Trinajstić information content (AvgIpc) is 2.34. The molecule has 3 heteroatoms. The van der Waals surface area contributed by atoms with E-state index in [0.29, 0.717) is 0 Å². The Hall–Kier alpha value is -0.900. The summed E-state index contributed by atoms with van der Waals surface area (Å²) >= 11 is 0. The van der Waals surface area contributed by atoms with E-state index in [1.807, 2.05) is 13.8 Å². The van der Waals surface area contributed by atoms with Crippen molar-refractivity contribution in [1.29, 1.82) is 0 Å². The van der Waals surface area contributed by atoms with Gasteiger partial charge in [-0.2, -0.15) is 0 Å². The zero-order valence-corrected chi connectivity index (χ0v) is 13.3. The second-order valence-electron chi connectivity index (χ2n) is 6.74. The summed E-state index contributed by atoms with van der Waals surface area (Å²) in [7, 11) is 0. The van der Waals surface area contributed by atoms with Crippen LogP contribution in [-0.4, -0.2) is 53.2 Å². The van der Waals surface area contributed by atoms with Gasteiger partial charge < -0.3 is 5.11 Å². The third kappa shape index (κ3) is 4.30. The van der Waals surface area contributed by atoms with Gasteiger partial charge in [0, 0.05) is 39.3 Å². The molecule has 1 aliphatic heterocycles.